The van der Waals surface area contributed by atoms with Crippen LogP contribution in [0.1, 0.15) is 19.4 Å². The van der Waals surface area contributed by atoms with Gasteiger partial charge in [-0.05, 0) is 25.7 Å². The fourth-order valence-corrected chi connectivity index (χ4v) is 1.71. The van der Waals surface area contributed by atoms with Gasteiger partial charge in [0.15, 0.2) is 5.17 Å². The van der Waals surface area contributed by atoms with Crippen LogP contribution in [0, 0.1) is 0 Å². The first kappa shape index (κ1) is 12.1. The van der Waals surface area contributed by atoms with E-state index in [0.29, 0.717) is 6.04 Å². The monoisotopic (exact) mass is 222 g/mol. The van der Waals surface area contributed by atoms with Crippen molar-refractivity contribution in [3.05, 3.63) is 35.9 Å². The molecule has 0 saturated heterocycles. The van der Waals surface area contributed by atoms with E-state index in [2.05, 4.69) is 36.3 Å². The van der Waals surface area contributed by atoms with Gasteiger partial charge < -0.3 is 5.32 Å². The average molecular weight is 222 g/mol. The highest BCUT2D eigenvalue weighted by atomic mass is 32.2. The molecule has 82 valence electrons. The first-order valence-corrected chi connectivity index (χ1v) is 6.33. The molecule has 0 aliphatic rings. The largest absolute Gasteiger partial charge is 0.363 e. The molecule has 1 aromatic rings. The number of hydrogen-bond acceptors (Lipinski definition) is 2. The molecule has 0 aliphatic carbocycles. The van der Waals surface area contributed by atoms with Gasteiger partial charge in [-0.15, -0.1) is 0 Å². The van der Waals surface area contributed by atoms with Gasteiger partial charge in [-0.1, -0.05) is 42.1 Å². The summed E-state index contributed by atoms with van der Waals surface area (Å²) in [4.78, 5) is 4.52. The van der Waals surface area contributed by atoms with Gasteiger partial charge in [0.25, 0.3) is 0 Å². The minimum absolute atomic E-state index is 0.437. The van der Waals surface area contributed by atoms with Crippen LogP contribution < -0.4 is 5.32 Å². The third-order valence-electron chi connectivity index (χ3n) is 1.85. The summed E-state index contributed by atoms with van der Waals surface area (Å²) in [6.07, 6.45) is 2.04. The zero-order valence-corrected chi connectivity index (χ0v) is 10.3. The van der Waals surface area contributed by atoms with Gasteiger partial charge in [-0.2, -0.15) is 0 Å². The molecule has 0 aromatic heterocycles. The number of aliphatic imine (C=N–C) groups is 1. The Morgan fingerprint density at radius 1 is 1.33 bits per heavy atom. The van der Waals surface area contributed by atoms with Crippen LogP contribution in [0.15, 0.2) is 35.3 Å². The van der Waals surface area contributed by atoms with Crippen LogP contribution in [0.25, 0.3) is 0 Å². The van der Waals surface area contributed by atoms with Gasteiger partial charge in [-0.3, -0.25) is 4.99 Å². The summed E-state index contributed by atoms with van der Waals surface area (Å²) in [5, 5.41) is 4.32. The fourth-order valence-electron chi connectivity index (χ4n) is 1.16. The van der Waals surface area contributed by atoms with E-state index < -0.39 is 0 Å². The minimum atomic E-state index is 0.437. The summed E-state index contributed by atoms with van der Waals surface area (Å²) in [5.41, 5.74) is 1.25. The number of thioether (sulfide) groups is 1. The standard InChI is InChI=1S/C12H18N2S/c1-10(2)14-12(15-3)13-9-11-7-5-4-6-8-11/h4-8,10H,9H2,1-3H3,(H,13,14). The van der Waals surface area contributed by atoms with E-state index in [9.17, 15) is 0 Å². The van der Waals surface area contributed by atoms with Crippen LogP contribution in [0.3, 0.4) is 0 Å². The lowest BCUT2D eigenvalue weighted by Gasteiger charge is -2.10. The van der Waals surface area contributed by atoms with Crippen molar-refractivity contribution in [2.75, 3.05) is 6.26 Å². The first-order chi connectivity index (χ1) is 7.22. The molecular formula is C12H18N2S. The maximum atomic E-state index is 4.52. The van der Waals surface area contributed by atoms with E-state index >= 15 is 0 Å². The number of amidine groups is 1. The number of benzene rings is 1. The van der Waals surface area contributed by atoms with Gasteiger partial charge in [0.1, 0.15) is 0 Å². The van der Waals surface area contributed by atoms with Crippen molar-refractivity contribution >= 4 is 16.9 Å². The lowest BCUT2D eigenvalue weighted by Crippen LogP contribution is -2.27. The van der Waals surface area contributed by atoms with Gasteiger partial charge in [0, 0.05) is 6.04 Å². The molecule has 0 unspecified atom stereocenters. The Kier molecular flexibility index (Phi) is 5.26. The highest BCUT2D eigenvalue weighted by Gasteiger charge is 1.98. The van der Waals surface area contributed by atoms with E-state index in [-0.39, 0.29) is 0 Å². The maximum Gasteiger partial charge on any atom is 0.156 e. The third kappa shape index (κ3) is 4.88. The van der Waals surface area contributed by atoms with Gasteiger partial charge in [0.2, 0.25) is 0 Å². The van der Waals surface area contributed by atoms with Crippen LogP contribution in [-0.2, 0) is 6.54 Å². The molecule has 0 atom stereocenters. The SMILES string of the molecule is CSC(=NCc1ccccc1)NC(C)C. The second-order valence-corrected chi connectivity index (χ2v) is 4.41. The zero-order chi connectivity index (χ0) is 11.1. The summed E-state index contributed by atoms with van der Waals surface area (Å²) in [6, 6.07) is 10.7. The quantitative estimate of drug-likeness (QED) is 0.628. The molecule has 1 rings (SSSR count). The van der Waals surface area contributed by atoms with E-state index in [0.717, 1.165) is 11.7 Å². The highest BCUT2D eigenvalue weighted by molar-refractivity contribution is 8.13. The second kappa shape index (κ2) is 6.51. The average Bonchev–Trinajstić information content (AvgIpc) is 2.25. The lowest BCUT2D eigenvalue weighted by atomic mass is 10.2. The molecular weight excluding hydrogens is 204 g/mol. The highest BCUT2D eigenvalue weighted by Crippen LogP contribution is 2.03. The Morgan fingerprint density at radius 2 is 2.00 bits per heavy atom. The molecule has 0 heterocycles. The maximum absolute atomic E-state index is 4.52. The fraction of sp³-hybridized carbons (Fsp3) is 0.417. The Hall–Kier alpha value is -0.960. The molecule has 0 amide bonds. The van der Waals surface area contributed by atoms with Crippen molar-refractivity contribution in [2.24, 2.45) is 4.99 Å². The zero-order valence-electron chi connectivity index (χ0n) is 9.53. The van der Waals surface area contributed by atoms with Crippen LogP contribution in [0.5, 0.6) is 0 Å². The Bertz CT molecular complexity index is 307. The first-order valence-electron chi connectivity index (χ1n) is 5.11. The molecule has 1 N–H and O–H groups in total. The van der Waals surface area contributed by atoms with E-state index in [1.165, 1.54) is 5.56 Å². The van der Waals surface area contributed by atoms with Crippen molar-refractivity contribution in [1.82, 2.24) is 5.32 Å². The predicted molar refractivity (Wildman–Crippen MR) is 69.4 cm³/mol. The van der Waals surface area contributed by atoms with Crippen LogP contribution in [-0.4, -0.2) is 17.5 Å². The van der Waals surface area contributed by atoms with Crippen molar-refractivity contribution in [3.8, 4) is 0 Å². The minimum Gasteiger partial charge on any atom is -0.363 e. The van der Waals surface area contributed by atoms with Crippen molar-refractivity contribution in [2.45, 2.75) is 26.4 Å². The number of nitrogens with zero attached hydrogens (tertiary/aromatic N) is 1. The van der Waals surface area contributed by atoms with Crippen LogP contribution in [0.4, 0.5) is 0 Å². The molecule has 0 saturated carbocycles. The van der Waals surface area contributed by atoms with Gasteiger partial charge in [0.05, 0.1) is 6.54 Å². The normalized spacial score (nSPS) is 11.9. The Labute approximate surface area is 96.2 Å². The molecule has 0 bridgehead atoms. The molecule has 0 spiro atoms. The van der Waals surface area contributed by atoms with Crippen LogP contribution in [0.2, 0.25) is 0 Å². The summed E-state index contributed by atoms with van der Waals surface area (Å²) in [5.74, 6) is 0. The summed E-state index contributed by atoms with van der Waals surface area (Å²) < 4.78 is 0. The van der Waals surface area contributed by atoms with E-state index in [1.807, 2.05) is 24.5 Å². The van der Waals surface area contributed by atoms with Crippen molar-refractivity contribution < 1.29 is 0 Å². The smallest absolute Gasteiger partial charge is 0.156 e. The molecule has 1 aromatic carbocycles. The molecule has 0 fully saturated rings. The Morgan fingerprint density at radius 3 is 2.53 bits per heavy atom. The molecule has 15 heavy (non-hydrogen) atoms. The van der Waals surface area contributed by atoms with Crippen molar-refractivity contribution in [3.63, 3.8) is 0 Å². The Balaban J connectivity index is 2.54. The van der Waals surface area contributed by atoms with Gasteiger partial charge in [-0.25, -0.2) is 0 Å². The molecule has 0 aliphatic heterocycles. The van der Waals surface area contributed by atoms with Crippen molar-refractivity contribution in [1.29, 1.82) is 0 Å². The number of hydrogen-bond donors (Lipinski definition) is 1. The van der Waals surface area contributed by atoms with E-state index in [1.54, 1.807) is 11.8 Å². The topological polar surface area (TPSA) is 24.4 Å². The number of nitrogens with one attached hydrogen (secondary N) is 1. The third-order valence-corrected chi connectivity index (χ3v) is 2.49. The summed E-state index contributed by atoms with van der Waals surface area (Å²) in [6.45, 7) is 4.99. The number of rotatable bonds is 3. The molecule has 3 heteroatoms. The molecule has 2 nitrogen and oxygen atoms in total. The summed E-state index contributed by atoms with van der Waals surface area (Å²) in [7, 11) is 0. The lowest BCUT2D eigenvalue weighted by molar-refractivity contribution is 0.737. The molecule has 0 radical (unpaired) electrons. The van der Waals surface area contributed by atoms with Gasteiger partial charge >= 0.3 is 0 Å². The summed E-state index contributed by atoms with van der Waals surface area (Å²) >= 11 is 1.66. The van der Waals surface area contributed by atoms with Crippen LogP contribution >= 0.6 is 11.8 Å². The van der Waals surface area contributed by atoms with E-state index in [4.69, 9.17) is 0 Å². The second-order valence-electron chi connectivity index (χ2n) is 3.61. The predicted octanol–water partition coefficient (Wildman–Crippen LogP) is 2.90.